The predicted octanol–water partition coefficient (Wildman–Crippen LogP) is 5.00. The van der Waals surface area contributed by atoms with E-state index in [0.29, 0.717) is 13.2 Å². The molecule has 1 heterocycles. The van der Waals surface area contributed by atoms with Crippen molar-refractivity contribution >= 4 is 6.08 Å². The molecule has 1 aromatic heterocycles. The largest absolute Gasteiger partial charge is 0.497 e. The quantitative estimate of drug-likeness (QED) is 0.566. The zero-order chi connectivity index (χ0) is 18.9. The second kappa shape index (κ2) is 9.55. The first-order valence-electron chi connectivity index (χ1n) is 8.77. The maximum absolute atomic E-state index is 6.12. The molecule has 0 saturated carbocycles. The van der Waals surface area contributed by atoms with Gasteiger partial charge in [0.05, 0.1) is 13.7 Å². The number of nitrogens with zero attached hydrogens (tertiary/aromatic N) is 1. The monoisotopic (exact) mass is 361 g/mol. The molecule has 3 rings (SSSR count). The van der Waals surface area contributed by atoms with Crippen molar-refractivity contribution in [3.63, 3.8) is 0 Å². The van der Waals surface area contributed by atoms with E-state index in [1.807, 2.05) is 79.0 Å². The molecule has 3 aromatic rings. The van der Waals surface area contributed by atoms with Crippen LogP contribution in [0.4, 0.5) is 0 Å². The zero-order valence-corrected chi connectivity index (χ0v) is 15.6. The van der Waals surface area contributed by atoms with Gasteiger partial charge in [0, 0.05) is 18.9 Å². The van der Waals surface area contributed by atoms with Gasteiger partial charge in [-0.05, 0) is 41.5 Å². The fraction of sp³-hybridized carbons (Fsp3) is 0.174. The molecule has 0 atom stereocenters. The summed E-state index contributed by atoms with van der Waals surface area (Å²) >= 11 is 0. The SMILES string of the molecule is COCC=Cc1cnc(-c2ccc(OC)cc2)c(OCc2ccccc2)c1. The smallest absolute Gasteiger partial charge is 0.146 e. The van der Waals surface area contributed by atoms with Crippen molar-refractivity contribution in [3.8, 4) is 22.8 Å². The molecule has 2 aromatic carbocycles. The molecule has 0 N–H and O–H groups in total. The van der Waals surface area contributed by atoms with Crippen molar-refractivity contribution in [1.82, 2.24) is 4.98 Å². The van der Waals surface area contributed by atoms with E-state index in [2.05, 4.69) is 4.98 Å². The highest BCUT2D eigenvalue weighted by atomic mass is 16.5. The molecule has 0 aliphatic rings. The van der Waals surface area contributed by atoms with Crippen molar-refractivity contribution in [1.29, 1.82) is 0 Å². The van der Waals surface area contributed by atoms with Crippen LogP contribution in [-0.4, -0.2) is 25.8 Å². The Labute approximate surface area is 160 Å². The van der Waals surface area contributed by atoms with E-state index in [9.17, 15) is 0 Å². The van der Waals surface area contributed by atoms with E-state index in [-0.39, 0.29) is 0 Å². The number of hydrogen-bond acceptors (Lipinski definition) is 4. The molecule has 0 unspecified atom stereocenters. The number of aromatic nitrogens is 1. The summed E-state index contributed by atoms with van der Waals surface area (Å²) in [5.41, 5.74) is 3.86. The van der Waals surface area contributed by atoms with E-state index in [4.69, 9.17) is 14.2 Å². The molecule has 0 amide bonds. The van der Waals surface area contributed by atoms with Gasteiger partial charge in [-0.2, -0.15) is 0 Å². The Kier molecular flexibility index (Phi) is 6.61. The Bertz CT molecular complexity index is 874. The third kappa shape index (κ3) is 5.19. The van der Waals surface area contributed by atoms with Crippen LogP contribution in [0.15, 0.2) is 72.9 Å². The third-order valence-electron chi connectivity index (χ3n) is 4.05. The topological polar surface area (TPSA) is 40.6 Å². The first-order valence-corrected chi connectivity index (χ1v) is 8.77. The lowest BCUT2D eigenvalue weighted by molar-refractivity contribution is 0.234. The maximum Gasteiger partial charge on any atom is 0.146 e. The van der Waals surface area contributed by atoms with Crippen molar-refractivity contribution in [3.05, 3.63) is 84.1 Å². The Balaban J connectivity index is 1.89. The first kappa shape index (κ1) is 18.7. The number of rotatable bonds is 8. The van der Waals surface area contributed by atoms with E-state index in [0.717, 1.165) is 33.9 Å². The van der Waals surface area contributed by atoms with Gasteiger partial charge in [0.1, 0.15) is 23.8 Å². The number of hydrogen-bond donors (Lipinski definition) is 0. The number of pyridine rings is 1. The Morgan fingerprint density at radius 2 is 1.74 bits per heavy atom. The molecular formula is C23H23NO3. The molecule has 138 valence electrons. The maximum atomic E-state index is 6.12. The summed E-state index contributed by atoms with van der Waals surface area (Å²) in [4.78, 5) is 4.64. The molecule has 0 radical (unpaired) electrons. The summed E-state index contributed by atoms with van der Waals surface area (Å²) in [6.07, 6.45) is 5.76. The molecule has 0 saturated heterocycles. The second-order valence-electron chi connectivity index (χ2n) is 5.98. The number of benzene rings is 2. The first-order chi connectivity index (χ1) is 13.3. The Morgan fingerprint density at radius 1 is 0.963 bits per heavy atom. The van der Waals surface area contributed by atoms with Crippen LogP contribution in [0.1, 0.15) is 11.1 Å². The van der Waals surface area contributed by atoms with Crippen LogP contribution in [0.5, 0.6) is 11.5 Å². The van der Waals surface area contributed by atoms with Gasteiger partial charge < -0.3 is 14.2 Å². The number of methoxy groups -OCH3 is 2. The van der Waals surface area contributed by atoms with Gasteiger partial charge in [-0.15, -0.1) is 0 Å². The summed E-state index contributed by atoms with van der Waals surface area (Å²) in [5, 5.41) is 0. The van der Waals surface area contributed by atoms with Gasteiger partial charge >= 0.3 is 0 Å². The fourth-order valence-corrected chi connectivity index (χ4v) is 2.64. The van der Waals surface area contributed by atoms with E-state index in [1.54, 1.807) is 14.2 Å². The molecular weight excluding hydrogens is 338 g/mol. The normalized spacial score (nSPS) is 10.9. The Morgan fingerprint density at radius 3 is 2.44 bits per heavy atom. The van der Waals surface area contributed by atoms with Crippen molar-refractivity contribution < 1.29 is 14.2 Å². The molecule has 4 heteroatoms. The minimum absolute atomic E-state index is 0.483. The summed E-state index contributed by atoms with van der Waals surface area (Å²) in [7, 11) is 3.33. The van der Waals surface area contributed by atoms with Crippen LogP contribution >= 0.6 is 0 Å². The molecule has 0 aliphatic carbocycles. The zero-order valence-electron chi connectivity index (χ0n) is 15.6. The molecule has 0 aliphatic heterocycles. The van der Waals surface area contributed by atoms with E-state index < -0.39 is 0 Å². The van der Waals surface area contributed by atoms with Gasteiger partial charge in [-0.25, -0.2) is 0 Å². The van der Waals surface area contributed by atoms with Gasteiger partial charge in [-0.1, -0.05) is 42.5 Å². The highest BCUT2D eigenvalue weighted by molar-refractivity contribution is 5.69. The van der Waals surface area contributed by atoms with Gasteiger partial charge in [0.25, 0.3) is 0 Å². The number of ether oxygens (including phenoxy) is 3. The fourth-order valence-electron chi connectivity index (χ4n) is 2.64. The van der Waals surface area contributed by atoms with Crippen LogP contribution in [0, 0.1) is 0 Å². The molecule has 4 nitrogen and oxygen atoms in total. The van der Waals surface area contributed by atoms with Crippen molar-refractivity contribution in [2.75, 3.05) is 20.8 Å². The minimum atomic E-state index is 0.483. The molecule has 0 fully saturated rings. The van der Waals surface area contributed by atoms with E-state index in [1.165, 1.54) is 0 Å². The van der Waals surface area contributed by atoms with Crippen LogP contribution in [-0.2, 0) is 11.3 Å². The average molecular weight is 361 g/mol. The summed E-state index contributed by atoms with van der Waals surface area (Å²) < 4.78 is 16.4. The van der Waals surface area contributed by atoms with Gasteiger partial charge in [0.2, 0.25) is 0 Å². The van der Waals surface area contributed by atoms with Gasteiger partial charge in [0.15, 0.2) is 0 Å². The molecule has 0 spiro atoms. The van der Waals surface area contributed by atoms with Crippen LogP contribution in [0.2, 0.25) is 0 Å². The lowest BCUT2D eigenvalue weighted by atomic mass is 10.1. The van der Waals surface area contributed by atoms with Crippen LogP contribution in [0.25, 0.3) is 17.3 Å². The third-order valence-corrected chi connectivity index (χ3v) is 4.05. The second-order valence-corrected chi connectivity index (χ2v) is 5.98. The highest BCUT2D eigenvalue weighted by Gasteiger charge is 2.10. The Hall–Kier alpha value is -3.11. The van der Waals surface area contributed by atoms with Crippen molar-refractivity contribution in [2.24, 2.45) is 0 Å². The molecule has 0 bridgehead atoms. The highest BCUT2D eigenvalue weighted by Crippen LogP contribution is 2.31. The molecule has 27 heavy (non-hydrogen) atoms. The van der Waals surface area contributed by atoms with Crippen LogP contribution in [0.3, 0.4) is 0 Å². The van der Waals surface area contributed by atoms with Gasteiger partial charge in [-0.3, -0.25) is 4.98 Å². The van der Waals surface area contributed by atoms with Crippen molar-refractivity contribution in [2.45, 2.75) is 6.61 Å². The predicted molar refractivity (Wildman–Crippen MR) is 108 cm³/mol. The lowest BCUT2D eigenvalue weighted by Crippen LogP contribution is -1.99. The summed E-state index contributed by atoms with van der Waals surface area (Å²) in [5.74, 6) is 1.55. The average Bonchev–Trinajstić information content (AvgIpc) is 2.73. The minimum Gasteiger partial charge on any atom is -0.497 e. The van der Waals surface area contributed by atoms with E-state index >= 15 is 0 Å². The van der Waals surface area contributed by atoms with Crippen LogP contribution < -0.4 is 9.47 Å². The lowest BCUT2D eigenvalue weighted by Gasteiger charge is -2.12. The standard InChI is InChI=1S/C23H23NO3/c1-25-14-6-9-19-15-22(27-17-18-7-4-3-5-8-18)23(24-16-19)20-10-12-21(26-2)13-11-20/h3-13,15-16H,14,17H2,1-2H3. The summed E-state index contributed by atoms with van der Waals surface area (Å²) in [6, 6.07) is 19.9. The summed E-state index contributed by atoms with van der Waals surface area (Å²) in [6.45, 7) is 1.04.